The van der Waals surface area contributed by atoms with E-state index in [-0.39, 0.29) is 29.8 Å². The zero-order chi connectivity index (χ0) is 29.9. The Morgan fingerprint density at radius 2 is 1.82 bits per heavy atom. The lowest BCUT2D eigenvalue weighted by Gasteiger charge is -2.46. The Kier molecular flexibility index (Phi) is 10.3. The maximum absolute atomic E-state index is 14.8. The van der Waals surface area contributed by atoms with Crippen LogP contribution in [0, 0.1) is 17.3 Å². The molecule has 0 aromatic carbocycles. The summed E-state index contributed by atoms with van der Waals surface area (Å²) in [5.74, 6) is -1.62. The molecule has 8 heteroatoms. The van der Waals surface area contributed by atoms with Crippen molar-refractivity contribution in [3.8, 4) is 0 Å². The fraction of sp³-hybridized carbons (Fsp3) is 0.781. The van der Waals surface area contributed by atoms with Gasteiger partial charge in [-0.25, -0.2) is 0 Å². The van der Waals surface area contributed by atoms with Gasteiger partial charge < -0.3 is 19.6 Å². The molecule has 0 aromatic heterocycles. The van der Waals surface area contributed by atoms with Crippen molar-refractivity contribution in [1.82, 2.24) is 9.80 Å². The van der Waals surface area contributed by atoms with Crippen LogP contribution in [-0.4, -0.2) is 80.1 Å². The molecule has 3 aliphatic rings. The number of allylic oxidation sites excluding steroid dienone is 1. The molecule has 0 aliphatic carbocycles. The van der Waals surface area contributed by atoms with Gasteiger partial charge in [0.2, 0.25) is 11.8 Å². The van der Waals surface area contributed by atoms with Crippen LogP contribution in [-0.2, 0) is 19.1 Å². The number of hydrogen-bond donors (Lipinski definition) is 1. The summed E-state index contributed by atoms with van der Waals surface area (Å²) in [4.78, 5) is 46.3. The topological polar surface area (TPSA) is 87.1 Å². The molecule has 3 rings (SSSR count). The molecule has 7 nitrogen and oxygen atoms in total. The molecule has 3 aliphatic heterocycles. The number of ether oxygens (including phenoxy) is 1. The lowest BCUT2D eigenvalue weighted by atomic mass is 9.66. The molecule has 0 saturated carbocycles. The Morgan fingerprint density at radius 3 is 2.42 bits per heavy atom. The minimum atomic E-state index is -0.665. The van der Waals surface area contributed by atoms with Crippen LogP contribution in [0.4, 0.5) is 0 Å². The predicted molar refractivity (Wildman–Crippen MR) is 162 cm³/mol. The van der Waals surface area contributed by atoms with Gasteiger partial charge in [-0.15, -0.1) is 24.9 Å². The minimum absolute atomic E-state index is 0.00596. The SMILES string of the molecule is C=CCCCOC(=O)[C@@H]1[C@H]2C(=O)N(CCCCCO)C(C(=O)N(CC=C)C(C)(C)CC(C)(C)C)C23CC[C@@]1(C)S3. The second-order valence-electron chi connectivity index (χ2n) is 13.9. The molecular weight excluding hydrogens is 524 g/mol. The number of aliphatic hydroxyl groups is 1. The van der Waals surface area contributed by atoms with Crippen molar-refractivity contribution in [2.45, 2.75) is 114 Å². The van der Waals surface area contributed by atoms with Gasteiger partial charge in [-0.2, -0.15) is 0 Å². The number of thioether (sulfide) groups is 1. The summed E-state index contributed by atoms with van der Waals surface area (Å²) in [6.07, 6.45) is 9.43. The van der Waals surface area contributed by atoms with Crippen LogP contribution in [0.25, 0.3) is 0 Å². The molecule has 3 fully saturated rings. The fourth-order valence-corrected chi connectivity index (χ4v) is 10.0. The third-order valence-corrected chi connectivity index (χ3v) is 10.9. The Morgan fingerprint density at radius 1 is 1.12 bits per heavy atom. The van der Waals surface area contributed by atoms with Gasteiger partial charge in [0.25, 0.3) is 0 Å². The van der Waals surface area contributed by atoms with E-state index in [2.05, 4.69) is 54.7 Å². The molecule has 1 N–H and O–H groups in total. The van der Waals surface area contributed by atoms with Gasteiger partial charge in [0.15, 0.2) is 0 Å². The minimum Gasteiger partial charge on any atom is -0.465 e. The largest absolute Gasteiger partial charge is 0.465 e. The number of nitrogens with zero attached hydrogens (tertiary/aromatic N) is 2. The maximum atomic E-state index is 14.8. The van der Waals surface area contributed by atoms with E-state index >= 15 is 0 Å². The molecule has 0 radical (unpaired) electrons. The highest BCUT2D eigenvalue weighted by atomic mass is 32.2. The zero-order valence-corrected chi connectivity index (χ0v) is 26.5. The summed E-state index contributed by atoms with van der Waals surface area (Å²) in [5, 5.41) is 9.30. The molecular formula is C32H52N2O5S. The average molecular weight is 577 g/mol. The Bertz CT molecular complexity index is 975. The lowest BCUT2D eigenvalue weighted by molar-refractivity contribution is -0.155. The maximum Gasteiger partial charge on any atom is 0.311 e. The summed E-state index contributed by atoms with van der Waals surface area (Å²) in [5.41, 5.74) is -0.466. The first-order valence-electron chi connectivity index (χ1n) is 15.0. The Balaban J connectivity index is 2.02. The van der Waals surface area contributed by atoms with Crippen LogP contribution in [0.15, 0.2) is 25.3 Å². The third-order valence-electron chi connectivity index (χ3n) is 8.89. The molecule has 40 heavy (non-hydrogen) atoms. The van der Waals surface area contributed by atoms with Crippen LogP contribution in [0.5, 0.6) is 0 Å². The van der Waals surface area contributed by atoms with Gasteiger partial charge in [-0.1, -0.05) is 32.9 Å². The van der Waals surface area contributed by atoms with E-state index in [4.69, 9.17) is 4.74 Å². The van der Waals surface area contributed by atoms with Crippen molar-refractivity contribution in [3.63, 3.8) is 0 Å². The Labute approximate surface area is 246 Å². The van der Waals surface area contributed by atoms with Gasteiger partial charge in [0.1, 0.15) is 6.04 Å². The van der Waals surface area contributed by atoms with Crippen molar-refractivity contribution in [2.75, 3.05) is 26.3 Å². The highest BCUT2D eigenvalue weighted by Gasteiger charge is 2.77. The Hall–Kier alpha value is -1.80. The molecule has 2 amide bonds. The number of hydrogen-bond acceptors (Lipinski definition) is 6. The first kappa shape index (κ1) is 32.7. The average Bonchev–Trinajstić information content (AvgIpc) is 3.41. The molecule has 0 aromatic rings. The fourth-order valence-electron chi connectivity index (χ4n) is 7.67. The number of unbranched alkanes of at least 4 members (excludes halogenated alkanes) is 3. The molecule has 3 saturated heterocycles. The standard InChI is InChI=1S/C32H52N2O5S/c1-9-11-15-21-39-28(38)24-23-26(36)33(19-13-12-14-20-35)25(32(23)17-16-31(24,8)40-32)27(37)34(18-10-2)30(6,7)22-29(3,4)5/h9-10,23-25,35H,1-2,11-22H2,3-8H3/t23-,24-,25?,31+,32?/m0/s1. The van der Waals surface area contributed by atoms with E-state index in [9.17, 15) is 19.5 Å². The number of carbonyl (C=O) groups excluding carboxylic acids is 3. The van der Waals surface area contributed by atoms with Gasteiger partial charge >= 0.3 is 5.97 Å². The van der Waals surface area contributed by atoms with Crippen LogP contribution < -0.4 is 0 Å². The second kappa shape index (κ2) is 12.6. The molecule has 2 bridgehead atoms. The van der Waals surface area contributed by atoms with Gasteiger partial charge in [0.05, 0.1) is 23.2 Å². The smallest absolute Gasteiger partial charge is 0.311 e. The summed E-state index contributed by atoms with van der Waals surface area (Å²) in [7, 11) is 0. The summed E-state index contributed by atoms with van der Waals surface area (Å²) in [6, 6.07) is -0.649. The normalized spacial score (nSPS) is 29.4. The van der Waals surface area contributed by atoms with Crippen molar-refractivity contribution in [3.05, 3.63) is 25.3 Å². The van der Waals surface area contributed by atoms with E-state index in [1.54, 1.807) is 28.8 Å². The first-order valence-corrected chi connectivity index (χ1v) is 15.8. The number of amides is 2. The molecule has 3 heterocycles. The van der Waals surface area contributed by atoms with Gasteiger partial charge in [0, 0.05) is 30.0 Å². The van der Waals surface area contributed by atoms with Crippen molar-refractivity contribution in [1.29, 1.82) is 0 Å². The highest BCUT2D eigenvalue weighted by Crippen LogP contribution is 2.71. The van der Waals surface area contributed by atoms with Gasteiger partial charge in [-0.05, 0) is 77.6 Å². The highest BCUT2D eigenvalue weighted by molar-refractivity contribution is 8.02. The number of rotatable bonds is 15. The second-order valence-corrected chi connectivity index (χ2v) is 15.8. The van der Waals surface area contributed by atoms with Crippen LogP contribution in [0.1, 0.15) is 92.9 Å². The first-order chi connectivity index (χ1) is 18.7. The number of fused-ring (bicyclic) bond motifs is 1. The van der Waals surface area contributed by atoms with Crippen LogP contribution in [0.2, 0.25) is 0 Å². The zero-order valence-electron chi connectivity index (χ0n) is 25.7. The van der Waals surface area contributed by atoms with E-state index in [1.165, 1.54) is 0 Å². The summed E-state index contributed by atoms with van der Waals surface area (Å²) in [6.45, 7) is 21.7. The summed E-state index contributed by atoms with van der Waals surface area (Å²) >= 11 is 1.69. The van der Waals surface area contributed by atoms with Gasteiger partial charge in [-0.3, -0.25) is 14.4 Å². The third kappa shape index (κ3) is 6.33. The lowest BCUT2D eigenvalue weighted by Crippen LogP contribution is -2.60. The molecule has 226 valence electrons. The van der Waals surface area contributed by atoms with Crippen molar-refractivity contribution >= 4 is 29.5 Å². The van der Waals surface area contributed by atoms with E-state index in [1.807, 2.05) is 4.90 Å². The molecule has 5 atom stereocenters. The quantitative estimate of drug-likeness (QED) is 0.160. The predicted octanol–water partition coefficient (Wildman–Crippen LogP) is 5.37. The van der Waals surface area contributed by atoms with Crippen molar-refractivity contribution in [2.24, 2.45) is 17.3 Å². The number of carbonyl (C=O) groups is 3. The molecule has 2 unspecified atom stereocenters. The number of likely N-dealkylation sites (tertiary alicyclic amines) is 1. The monoisotopic (exact) mass is 576 g/mol. The number of aliphatic hydroxyl groups excluding tert-OH is 1. The van der Waals surface area contributed by atoms with E-state index in [0.717, 1.165) is 32.1 Å². The van der Waals surface area contributed by atoms with Crippen molar-refractivity contribution < 1.29 is 24.2 Å². The summed E-state index contributed by atoms with van der Waals surface area (Å²) < 4.78 is 4.62. The number of esters is 1. The van der Waals surface area contributed by atoms with E-state index in [0.29, 0.717) is 39.0 Å². The van der Waals surface area contributed by atoms with Crippen LogP contribution in [0.3, 0.4) is 0 Å². The van der Waals surface area contributed by atoms with Crippen LogP contribution >= 0.6 is 11.8 Å². The van der Waals surface area contributed by atoms with E-state index < -0.39 is 32.9 Å². The molecule has 1 spiro atoms.